The molecule has 20 heavy (non-hydrogen) atoms. The van der Waals surface area contributed by atoms with E-state index in [0.717, 1.165) is 37.3 Å². The van der Waals surface area contributed by atoms with Gasteiger partial charge in [-0.25, -0.2) is 0 Å². The fourth-order valence-corrected chi connectivity index (χ4v) is 2.80. The fourth-order valence-electron chi connectivity index (χ4n) is 2.80. The highest BCUT2D eigenvalue weighted by Crippen LogP contribution is 2.25. The number of nitriles is 1. The van der Waals surface area contributed by atoms with Crippen molar-refractivity contribution in [3.05, 3.63) is 64.7 Å². The summed E-state index contributed by atoms with van der Waals surface area (Å²) in [5, 5.41) is 8.95. The van der Waals surface area contributed by atoms with Crippen molar-refractivity contribution in [1.82, 2.24) is 4.90 Å². The molecule has 3 heteroatoms. The van der Waals surface area contributed by atoms with Crippen LogP contribution in [-0.4, -0.2) is 11.4 Å². The van der Waals surface area contributed by atoms with E-state index in [1.54, 1.807) is 0 Å². The quantitative estimate of drug-likeness (QED) is 0.848. The van der Waals surface area contributed by atoms with Crippen molar-refractivity contribution in [2.45, 2.75) is 19.5 Å². The van der Waals surface area contributed by atoms with Gasteiger partial charge in [0.25, 0.3) is 0 Å². The summed E-state index contributed by atoms with van der Waals surface area (Å²) < 4.78 is 0. The van der Waals surface area contributed by atoms with Crippen molar-refractivity contribution in [3.8, 4) is 6.07 Å². The fraction of sp³-hybridized carbons (Fsp3) is 0.235. The second kappa shape index (κ2) is 5.36. The molecule has 2 aromatic rings. The summed E-state index contributed by atoms with van der Waals surface area (Å²) in [4.78, 5) is 2.38. The third kappa shape index (κ3) is 2.52. The van der Waals surface area contributed by atoms with Crippen LogP contribution in [0.2, 0.25) is 0 Å². The van der Waals surface area contributed by atoms with Crippen molar-refractivity contribution >= 4 is 5.69 Å². The summed E-state index contributed by atoms with van der Waals surface area (Å²) in [5.41, 5.74) is 11.5. The van der Waals surface area contributed by atoms with Gasteiger partial charge in [-0.2, -0.15) is 5.26 Å². The first kappa shape index (κ1) is 12.7. The SMILES string of the molecule is N#Cc1cccc(CN2CCc3cccc(N)c3C2)c1. The van der Waals surface area contributed by atoms with Gasteiger partial charge in [0.2, 0.25) is 0 Å². The van der Waals surface area contributed by atoms with Crippen LogP contribution in [0.4, 0.5) is 5.69 Å². The molecule has 0 atom stereocenters. The molecule has 0 aromatic heterocycles. The number of fused-ring (bicyclic) bond motifs is 1. The van der Waals surface area contributed by atoms with Gasteiger partial charge < -0.3 is 5.73 Å². The zero-order valence-corrected chi connectivity index (χ0v) is 11.3. The Bertz CT molecular complexity index is 670. The number of benzene rings is 2. The minimum absolute atomic E-state index is 0.722. The van der Waals surface area contributed by atoms with Crippen LogP contribution in [0.15, 0.2) is 42.5 Å². The highest BCUT2D eigenvalue weighted by Gasteiger charge is 2.18. The molecule has 0 unspecified atom stereocenters. The van der Waals surface area contributed by atoms with Crippen LogP contribution in [0.25, 0.3) is 0 Å². The second-order valence-corrected chi connectivity index (χ2v) is 5.26. The minimum Gasteiger partial charge on any atom is -0.398 e. The Morgan fingerprint density at radius 2 is 2.05 bits per heavy atom. The predicted octanol–water partition coefficient (Wildman–Crippen LogP) is 2.70. The molecule has 100 valence electrons. The van der Waals surface area contributed by atoms with Crippen LogP contribution >= 0.6 is 0 Å². The van der Waals surface area contributed by atoms with Gasteiger partial charge in [-0.05, 0) is 41.3 Å². The first-order chi connectivity index (χ1) is 9.76. The second-order valence-electron chi connectivity index (χ2n) is 5.26. The Labute approximate surface area is 119 Å². The Kier molecular flexibility index (Phi) is 3.41. The lowest BCUT2D eigenvalue weighted by atomic mass is 9.97. The number of hydrogen-bond donors (Lipinski definition) is 1. The largest absolute Gasteiger partial charge is 0.398 e. The Morgan fingerprint density at radius 3 is 2.90 bits per heavy atom. The molecule has 1 aliphatic heterocycles. The van der Waals surface area contributed by atoms with Gasteiger partial charge in [0, 0.05) is 25.3 Å². The van der Waals surface area contributed by atoms with E-state index in [2.05, 4.69) is 23.1 Å². The van der Waals surface area contributed by atoms with Gasteiger partial charge in [0.05, 0.1) is 11.6 Å². The van der Waals surface area contributed by atoms with Crippen LogP contribution < -0.4 is 5.73 Å². The lowest BCUT2D eigenvalue weighted by Crippen LogP contribution is -2.30. The summed E-state index contributed by atoms with van der Waals surface area (Å²) in [5.74, 6) is 0. The Hall–Kier alpha value is -2.31. The highest BCUT2D eigenvalue weighted by atomic mass is 15.1. The molecule has 0 aliphatic carbocycles. The van der Waals surface area contributed by atoms with E-state index < -0.39 is 0 Å². The van der Waals surface area contributed by atoms with Crippen LogP contribution in [-0.2, 0) is 19.5 Å². The van der Waals surface area contributed by atoms with Crippen molar-refractivity contribution in [2.24, 2.45) is 0 Å². The Balaban J connectivity index is 1.77. The van der Waals surface area contributed by atoms with Gasteiger partial charge in [0.15, 0.2) is 0 Å². The van der Waals surface area contributed by atoms with E-state index in [0.29, 0.717) is 0 Å². The maximum absolute atomic E-state index is 8.95. The van der Waals surface area contributed by atoms with Crippen molar-refractivity contribution in [2.75, 3.05) is 12.3 Å². The third-order valence-electron chi connectivity index (χ3n) is 3.85. The van der Waals surface area contributed by atoms with Gasteiger partial charge in [-0.1, -0.05) is 24.3 Å². The average molecular weight is 263 g/mol. The maximum atomic E-state index is 8.95. The van der Waals surface area contributed by atoms with Crippen LogP contribution in [0.3, 0.4) is 0 Å². The summed E-state index contributed by atoms with van der Waals surface area (Å²) in [6.07, 6.45) is 1.04. The van der Waals surface area contributed by atoms with E-state index >= 15 is 0 Å². The number of rotatable bonds is 2. The number of nitrogens with two attached hydrogens (primary N) is 1. The average Bonchev–Trinajstić information content (AvgIpc) is 2.48. The number of hydrogen-bond acceptors (Lipinski definition) is 3. The topological polar surface area (TPSA) is 53.0 Å². The smallest absolute Gasteiger partial charge is 0.0991 e. The minimum atomic E-state index is 0.722. The first-order valence-corrected chi connectivity index (χ1v) is 6.84. The van der Waals surface area contributed by atoms with Crippen molar-refractivity contribution < 1.29 is 0 Å². The highest BCUT2D eigenvalue weighted by molar-refractivity contribution is 5.51. The van der Waals surface area contributed by atoms with Crippen LogP contribution in [0, 0.1) is 11.3 Å². The summed E-state index contributed by atoms with van der Waals surface area (Å²) in [7, 11) is 0. The van der Waals surface area contributed by atoms with Crippen molar-refractivity contribution in [3.63, 3.8) is 0 Å². The van der Waals surface area contributed by atoms with E-state index in [9.17, 15) is 0 Å². The third-order valence-corrected chi connectivity index (χ3v) is 3.85. The normalized spacial score (nSPS) is 14.6. The standard InChI is InChI=1S/C17H17N3/c18-10-13-3-1-4-14(9-13)11-20-8-7-15-5-2-6-17(19)16(15)12-20/h1-6,9H,7-8,11-12,19H2. The zero-order chi connectivity index (χ0) is 13.9. The summed E-state index contributed by atoms with van der Waals surface area (Å²) in [6, 6.07) is 16.2. The molecule has 1 aliphatic rings. The van der Waals surface area contributed by atoms with E-state index in [-0.39, 0.29) is 0 Å². The lowest BCUT2D eigenvalue weighted by molar-refractivity contribution is 0.246. The molecule has 2 aromatic carbocycles. The van der Waals surface area contributed by atoms with Gasteiger partial charge in [-0.3, -0.25) is 4.90 Å². The zero-order valence-electron chi connectivity index (χ0n) is 11.3. The number of nitrogen functional groups attached to an aromatic ring is 1. The molecule has 0 amide bonds. The molecule has 0 fully saturated rings. The molecule has 0 saturated carbocycles. The molecule has 3 rings (SSSR count). The molecule has 0 spiro atoms. The Morgan fingerprint density at radius 1 is 1.20 bits per heavy atom. The van der Waals surface area contributed by atoms with Gasteiger partial charge in [-0.15, -0.1) is 0 Å². The number of nitrogens with zero attached hydrogens (tertiary/aromatic N) is 2. The maximum Gasteiger partial charge on any atom is 0.0991 e. The first-order valence-electron chi connectivity index (χ1n) is 6.84. The van der Waals surface area contributed by atoms with Crippen molar-refractivity contribution in [1.29, 1.82) is 5.26 Å². The molecule has 2 N–H and O–H groups in total. The van der Waals surface area contributed by atoms with Crippen LogP contribution in [0.5, 0.6) is 0 Å². The molecule has 0 saturated heterocycles. The lowest BCUT2D eigenvalue weighted by Gasteiger charge is -2.29. The van der Waals surface area contributed by atoms with E-state index in [1.165, 1.54) is 16.7 Å². The van der Waals surface area contributed by atoms with Crippen LogP contribution in [0.1, 0.15) is 22.3 Å². The molecular formula is C17H17N3. The molecular weight excluding hydrogens is 246 g/mol. The van der Waals surface area contributed by atoms with Gasteiger partial charge >= 0.3 is 0 Å². The monoisotopic (exact) mass is 263 g/mol. The van der Waals surface area contributed by atoms with E-state index in [1.807, 2.05) is 30.3 Å². The summed E-state index contributed by atoms with van der Waals surface area (Å²) >= 11 is 0. The number of anilines is 1. The molecule has 0 bridgehead atoms. The molecule has 3 nitrogen and oxygen atoms in total. The van der Waals surface area contributed by atoms with Gasteiger partial charge in [0.1, 0.15) is 0 Å². The molecule has 0 radical (unpaired) electrons. The van der Waals surface area contributed by atoms with E-state index in [4.69, 9.17) is 11.0 Å². The predicted molar refractivity (Wildman–Crippen MR) is 79.8 cm³/mol. The molecule has 1 heterocycles. The summed E-state index contributed by atoms with van der Waals surface area (Å²) in [6.45, 7) is 2.79.